The van der Waals surface area contributed by atoms with Crippen LogP contribution in [0.5, 0.6) is 5.75 Å². The Balaban J connectivity index is 0.00000220. The molecule has 1 saturated heterocycles. The molecule has 1 fully saturated rings. The molecular weight excluding hydrogens is 288 g/mol. The van der Waals surface area contributed by atoms with Crippen LogP contribution in [0.3, 0.4) is 0 Å². The SMILES string of the molecule is CCC1(C(=O)NCc2ccc(OC)c(C)c2)CCCN1.Cl. The second-order valence-corrected chi connectivity index (χ2v) is 5.45. The minimum atomic E-state index is -0.360. The number of carbonyl (C=O) groups excluding carboxylic acids is 1. The highest BCUT2D eigenvalue weighted by molar-refractivity contribution is 5.86. The molecule has 0 saturated carbocycles. The van der Waals surface area contributed by atoms with Crippen molar-refractivity contribution >= 4 is 18.3 Å². The summed E-state index contributed by atoms with van der Waals surface area (Å²) in [4.78, 5) is 12.4. The van der Waals surface area contributed by atoms with Gasteiger partial charge in [-0.25, -0.2) is 0 Å². The normalized spacial score (nSPS) is 20.7. The lowest BCUT2D eigenvalue weighted by atomic mass is 9.93. The summed E-state index contributed by atoms with van der Waals surface area (Å²) in [6.45, 7) is 5.57. The van der Waals surface area contributed by atoms with Crippen LogP contribution in [-0.4, -0.2) is 25.1 Å². The Hall–Kier alpha value is -1.26. The molecule has 1 amide bonds. The predicted molar refractivity (Wildman–Crippen MR) is 87.1 cm³/mol. The Labute approximate surface area is 133 Å². The van der Waals surface area contributed by atoms with Crippen molar-refractivity contribution in [1.29, 1.82) is 0 Å². The standard InChI is InChI=1S/C16H24N2O2.ClH/c1-4-16(8-5-9-18-16)15(19)17-11-13-6-7-14(20-3)12(2)10-13;/h6-7,10,18H,4-5,8-9,11H2,1-3H3,(H,17,19);1H. The van der Waals surface area contributed by atoms with Crippen LogP contribution in [0.25, 0.3) is 0 Å². The van der Waals surface area contributed by atoms with E-state index in [1.54, 1.807) is 7.11 Å². The molecule has 1 atom stereocenters. The van der Waals surface area contributed by atoms with Crippen LogP contribution in [0.4, 0.5) is 0 Å². The second kappa shape index (κ2) is 7.66. The average molecular weight is 313 g/mol. The van der Waals surface area contributed by atoms with Gasteiger partial charge in [0.25, 0.3) is 0 Å². The summed E-state index contributed by atoms with van der Waals surface area (Å²) in [5.74, 6) is 0.994. The van der Waals surface area contributed by atoms with E-state index in [1.807, 2.05) is 19.1 Å². The third kappa shape index (κ3) is 3.89. The van der Waals surface area contributed by atoms with Gasteiger partial charge in [-0.05, 0) is 49.9 Å². The van der Waals surface area contributed by atoms with E-state index in [4.69, 9.17) is 4.74 Å². The van der Waals surface area contributed by atoms with Gasteiger partial charge in [0.15, 0.2) is 0 Å². The largest absolute Gasteiger partial charge is 0.496 e. The first kappa shape index (κ1) is 17.8. The molecule has 1 aromatic carbocycles. The zero-order valence-corrected chi connectivity index (χ0v) is 13.8. The van der Waals surface area contributed by atoms with Gasteiger partial charge in [-0.2, -0.15) is 0 Å². The number of nitrogens with one attached hydrogen (secondary N) is 2. The number of hydrogen-bond donors (Lipinski definition) is 2. The summed E-state index contributed by atoms with van der Waals surface area (Å²) in [5, 5.41) is 6.41. The second-order valence-electron chi connectivity index (χ2n) is 5.45. The fourth-order valence-electron chi connectivity index (χ4n) is 2.86. The molecule has 1 unspecified atom stereocenters. The molecular formula is C16H25ClN2O2. The van der Waals surface area contributed by atoms with Crippen LogP contribution in [0.15, 0.2) is 18.2 Å². The first-order chi connectivity index (χ1) is 9.61. The van der Waals surface area contributed by atoms with Gasteiger partial charge in [0.05, 0.1) is 12.6 Å². The smallest absolute Gasteiger partial charge is 0.240 e. The van der Waals surface area contributed by atoms with Gasteiger partial charge in [-0.1, -0.05) is 19.1 Å². The van der Waals surface area contributed by atoms with Crippen molar-refractivity contribution in [3.8, 4) is 5.75 Å². The van der Waals surface area contributed by atoms with Crippen LogP contribution < -0.4 is 15.4 Å². The molecule has 0 aliphatic carbocycles. The Bertz CT molecular complexity index is 485. The van der Waals surface area contributed by atoms with E-state index in [0.717, 1.165) is 42.7 Å². The van der Waals surface area contributed by atoms with E-state index in [-0.39, 0.29) is 23.9 Å². The van der Waals surface area contributed by atoms with Crippen LogP contribution in [0.2, 0.25) is 0 Å². The van der Waals surface area contributed by atoms with Gasteiger partial charge in [0.1, 0.15) is 5.75 Å². The third-order valence-electron chi connectivity index (χ3n) is 4.19. The Kier molecular flexibility index (Phi) is 6.49. The van der Waals surface area contributed by atoms with Crippen LogP contribution in [-0.2, 0) is 11.3 Å². The fraction of sp³-hybridized carbons (Fsp3) is 0.562. The van der Waals surface area contributed by atoms with Gasteiger partial charge >= 0.3 is 0 Å². The lowest BCUT2D eigenvalue weighted by Crippen LogP contribution is -2.52. The summed E-state index contributed by atoms with van der Waals surface area (Å²) >= 11 is 0. The molecule has 118 valence electrons. The van der Waals surface area contributed by atoms with E-state index >= 15 is 0 Å². The van der Waals surface area contributed by atoms with Crippen LogP contribution >= 0.6 is 12.4 Å². The number of hydrogen-bond acceptors (Lipinski definition) is 3. The Morgan fingerprint density at radius 3 is 2.76 bits per heavy atom. The molecule has 5 heteroatoms. The molecule has 2 rings (SSSR count). The monoisotopic (exact) mass is 312 g/mol. The number of rotatable bonds is 5. The number of benzene rings is 1. The number of methoxy groups -OCH3 is 1. The summed E-state index contributed by atoms with van der Waals surface area (Å²) in [5.41, 5.74) is 1.82. The quantitative estimate of drug-likeness (QED) is 0.878. The van der Waals surface area contributed by atoms with Gasteiger partial charge in [-0.15, -0.1) is 12.4 Å². The molecule has 0 spiro atoms. The Morgan fingerprint density at radius 1 is 1.48 bits per heavy atom. The minimum Gasteiger partial charge on any atom is -0.496 e. The number of halogens is 1. The van der Waals surface area contributed by atoms with E-state index in [0.29, 0.717) is 6.54 Å². The maximum absolute atomic E-state index is 12.4. The highest BCUT2D eigenvalue weighted by Crippen LogP contribution is 2.23. The van der Waals surface area contributed by atoms with Crippen molar-refractivity contribution in [3.63, 3.8) is 0 Å². The summed E-state index contributed by atoms with van der Waals surface area (Å²) in [7, 11) is 1.67. The highest BCUT2D eigenvalue weighted by Gasteiger charge is 2.38. The first-order valence-corrected chi connectivity index (χ1v) is 7.28. The molecule has 1 aliphatic heterocycles. The fourth-order valence-corrected chi connectivity index (χ4v) is 2.86. The lowest BCUT2D eigenvalue weighted by Gasteiger charge is -2.26. The van der Waals surface area contributed by atoms with Crippen molar-refractivity contribution < 1.29 is 9.53 Å². The molecule has 1 heterocycles. The topological polar surface area (TPSA) is 50.4 Å². The van der Waals surface area contributed by atoms with Crippen LogP contribution in [0.1, 0.15) is 37.3 Å². The molecule has 4 nitrogen and oxygen atoms in total. The molecule has 0 aromatic heterocycles. The molecule has 0 radical (unpaired) electrons. The zero-order valence-electron chi connectivity index (χ0n) is 13.0. The van der Waals surface area contributed by atoms with Crippen molar-refractivity contribution in [1.82, 2.24) is 10.6 Å². The van der Waals surface area contributed by atoms with E-state index in [2.05, 4.69) is 23.6 Å². The number of ether oxygens (including phenoxy) is 1. The van der Waals surface area contributed by atoms with E-state index in [1.165, 1.54) is 0 Å². The molecule has 0 bridgehead atoms. The summed E-state index contributed by atoms with van der Waals surface area (Å²) in [6.07, 6.45) is 2.83. The molecule has 1 aromatic rings. The number of amides is 1. The summed E-state index contributed by atoms with van der Waals surface area (Å²) in [6, 6.07) is 5.99. The Morgan fingerprint density at radius 2 is 2.24 bits per heavy atom. The van der Waals surface area contributed by atoms with E-state index < -0.39 is 0 Å². The maximum atomic E-state index is 12.4. The maximum Gasteiger partial charge on any atom is 0.240 e. The van der Waals surface area contributed by atoms with Gasteiger partial charge < -0.3 is 15.4 Å². The van der Waals surface area contributed by atoms with E-state index in [9.17, 15) is 4.79 Å². The number of carbonyl (C=O) groups is 1. The average Bonchev–Trinajstić information content (AvgIpc) is 2.95. The highest BCUT2D eigenvalue weighted by atomic mass is 35.5. The predicted octanol–water partition coefficient (Wildman–Crippen LogP) is 2.57. The van der Waals surface area contributed by atoms with Gasteiger partial charge in [0.2, 0.25) is 5.91 Å². The molecule has 2 N–H and O–H groups in total. The van der Waals surface area contributed by atoms with Crippen molar-refractivity contribution in [3.05, 3.63) is 29.3 Å². The first-order valence-electron chi connectivity index (χ1n) is 7.28. The van der Waals surface area contributed by atoms with Crippen molar-refractivity contribution in [2.75, 3.05) is 13.7 Å². The molecule has 1 aliphatic rings. The lowest BCUT2D eigenvalue weighted by molar-refractivity contribution is -0.127. The van der Waals surface area contributed by atoms with Crippen molar-refractivity contribution in [2.24, 2.45) is 0 Å². The number of aryl methyl sites for hydroxylation is 1. The van der Waals surface area contributed by atoms with Gasteiger partial charge in [0, 0.05) is 6.54 Å². The van der Waals surface area contributed by atoms with Gasteiger partial charge in [-0.3, -0.25) is 4.79 Å². The van der Waals surface area contributed by atoms with Crippen molar-refractivity contribution in [2.45, 2.75) is 45.2 Å². The molecule has 21 heavy (non-hydrogen) atoms. The summed E-state index contributed by atoms with van der Waals surface area (Å²) < 4.78 is 5.24. The third-order valence-corrected chi connectivity index (χ3v) is 4.19. The van der Waals surface area contributed by atoms with Crippen LogP contribution in [0, 0.1) is 6.92 Å². The minimum absolute atomic E-state index is 0. The zero-order chi connectivity index (χ0) is 14.6.